The maximum Gasteiger partial charge on any atom is 0.309 e. The molecule has 0 aromatic rings. The number of rotatable bonds is 2. The number of hydrogen-bond donors (Lipinski definition) is 0. The predicted octanol–water partition coefficient (Wildman–Crippen LogP) is 2.93. The van der Waals surface area contributed by atoms with Gasteiger partial charge in [0.2, 0.25) is 0 Å². The topological polar surface area (TPSA) is 26.3 Å². The Morgan fingerprint density at radius 3 is 2.36 bits per heavy atom. The molecule has 1 rings (SSSR count). The highest BCUT2D eigenvalue weighted by Gasteiger charge is 2.33. The van der Waals surface area contributed by atoms with Crippen LogP contribution < -0.4 is 0 Å². The van der Waals surface area contributed by atoms with Gasteiger partial charge in [0, 0.05) is 0 Å². The molecule has 0 heterocycles. The molecular formula is C12H20O2. The van der Waals surface area contributed by atoms with Crippen molar-refractivity contribution in [3.8, 4) is 0 Å². The minimum absolute atomic E-state index is 0.0136. The van der Waals surface area contributed by atoms with Crippen LogP contribution in [-0.4, -0.2) is 11.6 Å². The molecule has 2 nitrogen and oxygen atoms in total. The van der Waals surface area contributed by atoms with Crippen molar-refractivity contribution in [1.29, 1.82) is 0 Å². The smallest absolute Gasteiger partial charge is 0.309 e. The van der Waals surface area contributed by atoms with Gasteiger partial charge in [-0.3, -0.25) is 4.79 Å². The lowest BCUT2D eigenvalue weighted by Crippen LogP contribution is -2.33. The first-order valence-corrected chi connectivity index (χ1v) is 5.19. The van der Waals surface area contributed by atoms with Gasteiger partial charge >= 0.3 is 5.97 Å². The molecule has 0 aromatic heterocycles. The molecule has 0 aliphatic heterocycles. The van der Waals surface area contributed by atoms with E-state index in [9.17, 15) is 4.79 Å². The fourth-order valence-electron chi connectivity index (χ4n) is 1.62. The Bertz CT molecular complexity index is 240. The van der Waals surface area contributed by atoms with Gasteiger partial charge < -0.3 is 4.74 Å². The van der Waals surface area contributed by atoms with E-state index in [0.717, 1.165) is 12.8 Å². The predicted molar refractivity (Wildman–Crippen MR) is 56.9 cm³/mol. The molecule has 2 heteroatoms. The molecule has 0 aromatic carbocycles. The maximum atomic E-state index is 11.6. The van der Waals surface area contributed by atoms with E-state index in [1.807, 2.05) is 27.7 Å². The van der Waals surface area contributed by atoms with E-state index in [-0.39, 0.29) is 17.5 Å². The van der Waals surface area contributed by atoms with Crippen LogP contribution in [0.15, 0.2) is 12.2 Å². The van der Waals surface area contributed by atoms with E-state index in [0.29, 0.717) is 5.92 Å². The van der Waals surface area contributed by atoms with Crippen molar-refractivity contribution in [3.63, 3.8) is 0 Å². The van der Waals surface area contributed by atoms with Crippen molar-refractivity contribution >= 4 is 5.97 Å². The van der Waals surface area contributed by atoms with Crippen LogP contribution >= 0.6 is 0 Å². The lowest BCUT2D eigenvalue weighted by atomic mass is 9.73. The van der Waals surface area contributed by atoms with Gasteiger partial charge in [-0.15, -0.1) is 0 Å². The summed E-state index contributed by atoms with van der Waals surface area (Å²) < 4.78 is 5.32. The number of carbonyl (C=O) groups is 1. The molecule has 0 radical (unpaired) electrons. The van der Waals surface area contributed by atoms with Gasteiger partial charge in [-0.05, 0) is 39.5 Å². The summed E-state index contributed by atoms with van der Waals surface area (Å²) in [5.41, 5.74) is 0.886. The van der Waals surface area contributed by atoms with Crippen LogP contribution in [0.5, 0.6) is 0 Å². The summed E-state index contributed by atoms with van der Waals surface area (Å²) in [6.45, 7) is 11.5. The van der Waals surface area contributed by atoms with Crippen molar-refractivity contribution in [1.82, 2.24) is 0 Å². The van der Waals surface area contributed by atoms with Gasteiger partial charge in [-0.2, -0.15) is 0 Å². The Kier molecular flexibility index (Phi) is 3.03. The summed E-state index contributed by atoms with van der Waals surface area (Å²) in [4.78, 5) is 11.6. The first-order valence-electron chi connectivity index (χ1n) is 5.19. The van der Waals surface area contributed by atoms with Crippen LogP contribution in [0, 0.1) is 11.8 Å². The molecule has 80 valence electrons. The average molecular weight is 196 g/mol. The Morgan fingerprint density at radius 2 is 2.00 bits per heavy atom. The first kappa shape index (κ1) is 11.3. The number of allylic oxidation sites excluding steroid dienone is 1. The van der Waals surface area contributed by atoms with E-state index in [2.05, 4.69) is 6.58 Å². The second-order valence-corrected chi connectivity index (χ2v) is 5.24. The molecule has 0 spiro atoms. The molecule has 0 bridgehead atoms. The van der Waals surface area contributed by atoms with Crippen molar-refractivity contribution < 1.29 is 9.53 Å². The molecule has 1 aliphatic rings. The van der Waals surface area contributed by atoms with Crippen LogP contribution in [0.4, 0.5) is 0 Å². The van der Waals surface area contributed by atoms with E-state index in [1.165, 1.54) is 5.57 Å². The quantitative estimate of drug-likeness (QED) is 0.501. The largest absolute Gasteiger partial charge is 0.460 e. The van der Waals surface area contributed by atoms with Crippen LogP contribution in [0.2, 0.25) is 0 Å². The second kappa shape index (κ2) is 3.76. The van der Waals surface area contributed by atoms with Crippen LogP contribution in [0.25, 0.3) is 0 Å². The lowest BCUT2D eigenvalue weighted by molar-refractivity contribution is -0.161. The summed E-state index contributed by atoms with van der Waals surface area (Å²) in [7, 11) is 0. The normalized spacial score (nSPS) is 20.1. The number of hydrogen-bond acceptors (Lipinski definition) is 2. The summed E-state index contributed by atoms with van der Waals surface area (Å²) in [5.74, 6) is 0.395. The molecule has 1 fully saturated rings. The molecule has 0 amide bonds. The third kappa shape index (κ3) is 2.86. The summed E-state index contributed by atoms with van der Waals surface area (Å²) >= 11 is 0. The fourth-order valence-corrected chi connectivity index (χ4v) is 1.62. The van der Waals surface area contributed by atoms with Gasteiger partial charge in [0.25, 0.3) is 0 Å². The van der Waals surface area contributed by atoms with Crippen molar-refractivity contribution in [3.05, 3.63) is 12.2 Å². The van der Waals surface area contributed by atoms with Gasteiger partial charge in [0.15, 0.2) is 0 Å². The Morgan fingerprint density at radius 1 is 1.50 bits per heavy atom. The molecule has 1 saturated carbocycles. The standard InChI is InChI=1S/C12H20O2/c1-8-6-10(7-8)9(2)11(13)14-12(3,4)5/h9-10H,1,6-7H2,2-5H3/t9-/m0/s1. The van der Waals surface area contributed by atoms with Crippen LogP contribution in [0.1, 0.15) is 40.5 Å². The summed E-state index contributed by atoms with van der Waals surface area (Å²) in [6, 6.07) is 0. The highest BCUT2D eigenvalue weighted by atomic mass is 16.6. The average Bonchev–Trinajstić information content (AvgIpc) is 1.94. The van der Waals surface area contributed by atoms with Crippen LogP contribution in [-0.2, 0) is 9.53 Å². The van der Waals surface area contributed by atoms with Crippen molar-refractivity contribution in [2.75, 3.05) is 0 Å². The zero-order chi connectivity index (χ0) is 10.9. The van der Waals surface area contributed by atoms with Gasteiger partial charge in [0.05, 0.1) is 5.92 Å². The minimum atomic E-state index is -0.369. The second-order valence-electron chi connectivity index (χ2n) is 5.24. The highest BCUT2D eigenvalue weighted by molar-refractivity contribution is 5.73. The fraction of sp³-hybridized carbons (Fsp3) is 0.750. The number of ether oxygens (including phenoxy) is 1. The van der Waals surface area contributed by atoms with Gasteiger partial charge in [0.1, 0.15) is 5.60 Å². The Labute approximate surface area is 86.3 Å². The zero-order valence-electron chi connectivity index (χ0n) is 9.59. The maximum absolute atomic E-state index is 11.6. The van der Waals surface area contributed by atoms with Crippen LogP contribution in [0.3, 0.4) is 0 Å². The molecule has 0 unspecified atom stereocenters. The molecule has 0 N–H and O–H groups in total. The highest BCUT2D eigenvalue weighted by Crippen LogP contribution is 2.37. The zero-order valence-corrected chi connectivity index (χ0v) is 9.59. The number of esters is 1. The van der Waals surface area contributed by atoms with E-state index in [4.69, 9.17) is 4.74 Å². The van der Waals surface area contributed by atoms with Crippen molar-refractivity contribution in [2.24, 2.45) is 11.8 Å². The molecule has 14 heavy (non-hydrogen) atoms. The van der Waals surface area contributed by atoms with E-state index >= 15 is 0 Å². The SMILES string of the molecule is C=C1CC([C@H](C)C(=O)OC(C)(C)C)C1. The van der Waals surface area contributed by atoms with E-state index in [1.54, 1.807) is 0 Å². The van der Waals surface area contributed by atoms with E-state index < -0.39 is 0 Å². The summed E-state index contributed by atoms with van der Waals surface area (Å²) in [6.07, 6.45) is 1.97. The third-order valence-electron chi connectivity index (χ3n) is 2.59. The van der Waals surface area contributed by atoms with Crippen molar-refractivity contribution in [2.45, 2.75) is 46.1 Å². The van der Waals surface area contributed by atoms with Gasteiger partial charge in [-0.25, -0.2) is 0 Å². The molecule has 1 atom stereocenters. The molecule has 1 aliphatic carbocycles. The monoisotopic (exact) mass is 196 g/mol. The summed E-state index contributed by atoms with van der Waals surface area (Å²) in [5, 5.41) is 0. The van der Waals surface area contributed by atoms with Gasteiger partial charge in [-0.1, -0.05) is 19.1 Å². The number of carbonyl (C=O) groups excluding carboxylic acids is 1. The first-order chi connectivity index (χ1) is 6.29. The Balaban J connectivity index is 2.41. The molecular weight excluding hydrogens is 176 g/mol. The lowest BCUT2D eigenvalue weighted by Gasteiger charge is -2.33. The Hall–Kier alpha value is -0.790. The third-order valence-corrected chi connectivity index (χ3v) is 2.59. The minimum Gasteiger partial charge on any atom is -0.460 e. The molecule has 0 saturated heterocycles.